The van der Waals surface area contributed by atoms with Crippen LogP contribution in [0, 0.1) is 0 Å². The van der Waals surface area contributed by atoms with Gasteiger partial charge in [-0.3, -0.25) is 0 Å². The number of hydrogen-bond acceptors (Lipinski definition) is 0. The summed E-state index contributed by atoms with van der Waals surface area (Å²) in [6.45, 7) is 0. The molecule has 6 aromatic rings. The lowest BCUT2D eigenvalue weighted by Crippen LogP contribution is -2.32. The molecule has 0 N–H and O–H groups in total. The van der Waals surface area contributed by atoms with E-state index in [2.05, 4.69) is 164 Å². The Hall–Kier alpha value is -5.42. The summed E-state index contributed by atoms with van der Waals surface area (Å²) >= 11 is 0. The van der Waals surface area contributed by atoms with E-state index in [-0.39, 0.29) is 0 Å². The molecule has 0 aromatic heterocycles. The van der Waals surface area contributed by atoms with E-state index in [9.17, 15) is 0 Å². The van der Waals surface area contributed by atoms with Crippen molar-refractivity contribution in [3.8, 4) is 22.3 Å². The molecule has 0 nitrogen and oxygen atoms in total. The largest absolute Gasteiger partial charge is 0.120 e. The Balaban J connectivity index is 1.38. The molecule has 0 amide bonds. The molecule has 6 aromatic carbocycles. The van der Waals surface area contributed by atoms with Gasteiger partial charge >= 0.3 is 0 Å². The summed E-state index contributed by atoms with van der Waals surface area (Å²) in [6.07, 6.45) is 15.8. The molecule has 2 aliphatic carbocycles. The van der Waals surface area contributed by atoms with Gasteiger partial charge in [-0.25, -0.2) is 0 Å². The van der Waals surface area contributed by atoms with Gasteiger partial charge in [0.15, 0.2) is 0 Å². The van der Waals surface area contributed by atoms with E-state index < -0.39 is 0 Å². The normalized spacial score (nSPS) is 14.0. The topological polar surface area (TPSA) is 0 Å². The molecule has 0 saturated carbocycles. The van der Waals surface area contributed by atoms with Crippen molar-refractivity contribution in [1.29, 1.82) is 0 Å². The van der Waals surface area contributed by atoms with Crippen molar-refractivity contribution < 1.29 is 0 Å². The van der Waals surface area contributed by atoms with Crippen molar-refractivity contribution in [2.45, 2.75) is 12.8 Å². The molecular weight excluding hydrogens is 516 g/mol. The van der Waals surface area contributed by atoms with Gasteiger partial charge in [0.25, 0.3) is 0 Å². The minimum atomic E-state index is 1.04. The van der Waals surface area contributed by atoms with Crippen LogP contribution >= 0.6 is 0 Å². The van der Waals surface area contributed by atoms with E-state index >= 15 is 0 Å². The Morgan fingerprint density at radius 2 is 0.977 bits per heavy atom. The highest BCUT2D eigenvalue weighted by molar-refractivity contribution is 6.07. The Bertz CT molecular complexity index is 2300. The molecule has 0 saturated heterocycles. The summed E-state index contributed by atoms with van der Waals surface area (Å²) in [7, 11) is 0. The zero-order chi connectivity index (χ0) is 28.6. The van der Waals surface area contributed by atoms with Crippen LogP contribution in [-0.4, -0.2) is 0 Å². The van der Waals surface area contributed by atoms with Gasteiger partial charge in [0.2, 0.25) is 0 Å². The summed E-state index contributed by atoms with van der Waals surface area (Å²) in [5.41, 5.74) is 13.5. The van der Waals surface area contributed by atoms with E-state index in [0.29, 0.717) is 0 Å². The Morgan fingerprint density at radius 1 is 0.419 bits per heavy atom. The van der Waals surface area contributed by atoms with E-state index in [0.717, 1.165) is 12.8 Å². The van der Waals surface area contributed by atoms with E-state index in [1.54, 1.807) is 0 Å². The maximum absolute atomic E-state index is 3.55. The monoisotopic (exact) mass is 546 g/mol. The average Bonchev–Trinajstić information content (AvgIpc) is 3.33. The van der Waals surface area contributed by atoms with Gasteiger partial charge < -0.3 is 0 Å². The molecule has 0 atom stereocenters. The van der Waals surface area contributed by atoms with Gasteiger partial charge in [-0.2, -0.15) is 0 Å². The quantitative estimate of drug-likeness (QED) is 0.193. The highest BCUT2D eigenvalue weighted by Gasteiger charge is 2.18. The van der Waals surface area contributed by atoms with Gasteiger partial charge in [0, 0.05) is 0 Å². The average molecular weight is 547 g/mol. The van der Waals surface area contributed by atoms with Crippen LogP contribution in [0.5, 0.6) is 0 Å². The van der Waals surface area contributed by atoms with Gasteiger partial charge in [0.1, 0.15) is 0 Å². The minimum Gasteiger partial charge on any atom is -0.120 e. The summed E-state index contributed by atoms with van der Waals surface area (Å²) in [4.78, 5) is 0. The number of fused-ring (bicyclic) bond motifs is 3. The molecule has 43 heavy (non-hydrogen) atoms. The SMILES string of the molecule is C1=CC(c2cccc3ccccc23)=CC=C(c2c3c(c(-c4ccccc4-c4ccccc4)c4ccccc24)=CCCC=3)C=1. The number of benzene rings is 6. The van der Waals surface area contributed by atoms with Crippen molar-refractivity contribution in [3.05, 3.63) is 173 Å². The van der Waals surface area contributed by atoms with Crippen LogP contribution in [0.2, 0.25) is 0 Å². The molecule has 0 spiro atoms. The standard InChI is InChI=1S/C43H30/c1-2-14-30(15-3-1)36-21-6-7-22-37(36)43-40-25-10-8-23-38(40)42(39-24-9-11-26-41(39)43)33-19-12-17-32(28-29-33)35-27-13-18-31-16-4-5-20-34(31)35/h1-8,10,13-29H,9,11H2. The first kappa shape index (κ1) is 25.3. The molecule has 0 aliphatic heterocycles. The first-order chi connectivity index (χ1) is 21.4. The first-order valence-corrected chi connectivity index (χ1v) is 15.1. The van der Waals surface area contributed by atoms with Crippen LogP contribution in [0.25, 0.3) is 67.1 Å². The van der Waals surface area contributed by atoms with Gasteiger partial charge in [0.05, 0.1) is 0 Å². The van der Waals surface area contributed by atoms with E-state index in [1.807, 2.05) is 0 Å². The van der Waals surface area contributed by atoms with Crippen molar-refractivity contribution in [3.63, 3.8) is 0 Å². The molecule has 8 rings (SSSR count). The van der Waals surface area contributed by atoms with Crippen molar-refractivity contribution in [1.82, 2.24) is 0 Å². The number of hydrogen-bond donors (Lipinski definition) is 0. The Morgan fingerprint density at radius 3 is 1.79 bits per heavy atom. The highest BCUT2D eigenvalue weighted by Crippen LogP contribution is 2.36. The summed E-state index contributed by atoms with van der Waals surface area (Å²) < 4.78 is 0. The number of rotatable bonds is 4. The molecule has 0 heteroatoms. The minimum absolute atomic E-state index is 1.04. The number of allylic oxidation sites excluding steroid dienone is 5. The lowest BCUT2D eigenvalue weighted by atomic mass is 9.84. The van der Waals surface area contributed by atoms with Crippen LogP contribution < -0.4 is 10.4 Å². The Labute approximate surface area is 252 Å². The maximum atomic E-state index is 3.55. The van der Waals surface area contributed by atoms with Gasteiger partial charge in [-0.15, -0.1) is 5.73 Å². The summed E-state index contributed by atoms with van der Waals surface area (Å²) in [5, 5.41) is 7.74. The molecule has 0 unspecified atom stereocenters. The fraction of sp³-hybridized carbons (Fsp3) is 0.0465. The first-order valence-electron chi connectivity index (χ1n) is 15.1. The molecule has 202 valence electrons. The summed E-state index contributed by atoms with van der Waals surface area (Å²) in [5.74, 6) is 0. The third-order valence-electron chi connectivity index (χ3n) is 8.75. The lowest BCUT2D eigenvalue weighted by Gasteiger charge is -2.19. The second-order valence-corrected chi connectivity index (χ2v) is 11.2. The van der Waals surface area contributed by atoms with Crippen molar-refractivity contribution >= 4 is 44.8 Å². The molecular formula is C43H30. The second kappa shape index (κ2) is 10.8. The fourth-order valence-corrected chi connectivity index (χ4v) is 6.83. The van der Waals surface area contributed by atoms with Crippen LogP contribution in [0.1, 0.15) is 24.0 Å². The molecule has 0 radical (unpaired) electrons. The van der Waals surface area contributed by atoms with E-state index in [4.69, 9.17) is 0 Å². The third kappa shape index (κ3) is 4.41. The lowest BCUT2D eigenvalue weighted by molar-refractivity contribution is 1.12. The molecule has 0 heterocycles. The second-order valence-electron chi connectivity index (χ2n) is 11.2. The predicted molar refractivity (Wildman–Crippen MR) is 185 cm³/mol. The van der Waals surface area contributed by atoms with Crippen LogP contribution in [0.4, 0.5) is 0 Å². The van der Waals surface area contributed by atoms with Crippen molar-refractivity contribution in [2.75, 3.05) is 0 Å². The smallest absolute Gasteiger partial charge is 0.00235 e. The third-order valence-corrected chi connectivity index (χ3v) is 8.75. The van der Waals surface area contributed by atoms with Gasteiger partial charge in [-0.1, -0.05) is 146 Å². The fourth-order valence-electron chi connectivity index (χ4n) is 6.83. The van der Waals surface area contributed by atoms with Crippen molar-refractivity contribution in [2.24, 2.45) is 0 Å². The Kier molecular flexibility index (Phi) is 6.34. The highest BCUT2D eigenvalue weighted by atomic mass is 14.2. The zero-order valence-corrected chi connectivity index (χ0v) is 23.9. The molecule has 0 fully saturated rings. The van der Waals surface area contributed by atoms with E-state index in [1.165, 1.54) is 76.5 Å². The molecule has 2 aliphatic rings. The van der Waals surface area contributed by atoms with Crippen LogP contribution in [-0.2, 0) is 0 Å². The van der Waals surface area contributed by atoms with Crippen LogP contribution in [0.15, 0.2) is 151 Å². The van der Waals surface area contributed by atoms with Crippen LogP contribution in [0.3, 0.4) is 0 Å². The zero-order valence-electron chi connectivity index (χ0n) is 23.9. The van der Waals surface area contributed by atoms with Gasteiger partial charge in [-0.05, 0) is 102 Å². The predicted octanol–water partition coefficient (Wildman–Crippen LogP) is 9.87. The summed E-state index contributed by atoms with van der Waals surface area (Å²) in [6, 6.07) is 43.7. The maximum Gasteiger partial charge on any atom is -0.00235 e. The molecule has 0 bridgehead atoms.